The summed E-state index contributed by atoms with van der Waals surface area (Å²) in [5.41, 5.74) is 2.67. The van der Waals surface area contributed by atoms with Gasteiger partial charge in [-0.3, -0.25) is 29.5 Å². The fourth-order valence-electron chi connectivity index (χ4n) is 3.91. The summed E-state index contributed by atoms with van der Waals surface area (Å²) in [7, 11) is 1.42. The minimum atomic E-state index is -0.565. The second-order valence-corrected chi connectivity index (χ2v) is 8.05. The molecule has 8 nitrogen and oxygen atoms in total. The van der Waals surface area contributed by atoms with Gasteiger partial charge in [0.15, 0.2) is 0 Å². The smallest absolute Gasteiger partial charge is 0.307 e. The molecular weight excluding hydrogens is 420 g/mol. The lowest BCUT2D eigenvalue weighted by Crippen LogP contribution is -2.50. The first-order chi connectivity index (χ1) is 14.8. The number of benzene rings is 2. The first-order valence-corrected chi connectivity index (χ1v) is 10.2. The van der Waals surface area contributed by atoms with Crippen LogP contribution in [0.5, 0.6) is 0 Å². The molecule has 0 bridgehead atoms. The van der Waals surface area contributed by atoms with E-state index in [1.807, 2.05) is 11.0 Å². The predicted octanol–water partition coefficient (Wildman–Crippen LogP) is 2.76. The third-order valence-electron chi connectivity index (χ3n) is 5.59. The third kappa shape index (κ3) is 4.30. The van der Waals surface area contributed by atoms with Gasteiger partial charge in [-0.2, -0.15) is 0 Å². The lowest BCUT2D eigenvalue weighted by molar-refractivity contribution is -0.137. The average molecular weight is 441 g/mol. The van der Waals surface area contributed by atoms with Crippen molar-refractivity contribution in [3.63, 3.8) is 0 Å². The van der Waals surface area contributed by atoms with Gasteiger partial charge in [0, 0.05) is 42.8 Å². The van der Waals surface area contributed by atoms with Crippen LogP contribution in [0.1, 0.15) is 34.3 Å². The normalized spacial score (nSPS) is 18.3. The Morgan fingerprint density at radius 3 is 2.58 bits per heavy atom. The van der Waals surface area contributed by atoms with Crippen LogP contribution in [0.2, 0.25) is 5.02 Å². The summed E-state index contributed by atoms with van der Waals surface area (Å²) in [4.78, 5) is 52.3. The van der Waals surface area contributed by atoms with E-state index in [1.165, 1.54) is 7.05 Å². The van der Waals surface area contributed by atoms with Gasteiger partial charge in [0.05, 0.1) is 6.04 Å². The molecule has 4 rings (SSSR count). The summed E-state index contributed by atoms with van der Waals surface area (Å²) in [6.45, 7) is 0.902. The van der Waals surface area contributed by atoms with Gasteiger partial charge in [0.2, 0.25) is 11.8 Å². The van der Waals surface area contributed by atoms with E-state index >= 15 is 0 Å². The predicted molar refractivity (Wildman–Crippen MR) is 114 cm³/mol. The molecule has 1 fully saturated rings. The van der Waals surface area contributed by atoms with Crippen molar-refractivity contribution >= 4 is 41.0 Å². The molecule has 9 heteroatoms. The van der Waals surface area contributed by atoms with Gasteiger partial charge in [-0.1, -0.05) is 23.7 Å². The Morgan fingerprint density at radius 1 is 1.13 bits per heavy atom. The Labute approximate surface area is 184 Å². The van der Waals surface area contributed by atoms with E-state index < -0.39 is 18.0 Å². The van der Waals surface area contributed by atoms with Gasteiger partial charge in [0.25, 0.3) is 5.91 Å². The SMILES string of the molecule is CN(C(=O)Nc1ccc(Cl)cc1)C(=O)c1cccc2c1CN(C1CCC(=O)NC1=O)C2. The van der Waals surface area contributed by atoms with E-state index in [0.717, 1.165) is 16.0 Å². The fourth-order valence-corrected chi connectivity index (χ4v) is 4.04. The molecule has 0 saturated carbocycles. The number of amides is 5. The van der Waals surface area contributed by atoms with Crippen molar-refractivity contribution < 1.29 is 19.2 Å². The first kappa shape index (κ1) is 21.0. The van der Waals surface area contributed by atoms with Crippen LogP contribution in [0.3, 0.4) is 0 Å². The summed E-state index contributed by atoms with van der Waals surface area (Å²) < 4.78 is 0. The summed E-state index contributed by atoms with van der Waals surface area (Å²) >= 11 is 5.86. The fraction of sp³-hybridized carbons (Fsp3) is 0.273. The number of nitrogens with one attached hydrogen (secondary N) is 2. The third-order valence-corrected chi connectivity index (χ3v) is 5.85. The number of nitrogens with zero attached hydrogens (tertiary/aromatic N) is 2. The van der Waals surface area contributed by atoms with Crippen molar-refractivity contribution in [3.8, 4) is 0 Å². The van der Waals surface area contributed by atoms with Gasteiger partial charge in [-0.05, 0) is 47.9 Å². The standard InChI is InChI=1S/C22H21ClN4O4/c1-26(22(31)24-15-7-5-14(23)6-8-15)21(30)16-4-2-3-13-11-27(12-17(13)16)18-9-10-19(28)25-20(18)29/h2-8,18H,9-12H2,1H3,(H,24,31)(H,25,28,29). The molecule has 2 aromatic carbocycles. The molecule has 1 unspecified atom stereocenters. The van der Waals surface area contributed by atoms with Crippen LogP contribution >= 0.6 is 11.6 Å². The largest absolute Gasteiger partial charge is 0.328 e. The van der Waals surface area contributed by atoms with Crippen molar-refractivity contribution in [2.24, 2.45) is 0 Å². The number of rotatable bonds is 3. The van der Waals surface area contributed by atoms with Crippen molar-refractivity contribution in [3.05, 3.63) is 64.2 Å². The number of fused-ring (bicyclic) bond motifs is 1. The zero-order chi connectivity index (χ0) is 22.1. The Kier molecular flexibility index (Phi) is 5.75. The zero-order valence-corrected chi connectivity index (χ0v) is 17.6. The van der Waals surface area contributed by atoms with Crippen molar-refractivity contribution in [1.82, 2.24) is 15.1 Å². The van der Waals surface area contributed by atoms with Crippen LogP contribution in [0.15, 0.2) is 42.5 Å². The number of carbonyl (C=O) groups is 4. The lowest BCUT2D eigenvalue weighted by Gasteiger charge is -2.29. The molecule has 31 heavy (non-hydrogen) atoms. The Bertz CT molecular complexity index is 1070. The lowest BCUT2D eigenvalue weighted by atomic mass is 10.0. The maximum Gasteiger partial charge on any atom is 0.328 e. The number of urea groups is 1. The Morgan fingerprint density at radius 2 is 1.87 bits per heavy atom. The van der Waals surface area contributed by atoms with Gasteiger partial charge >= 0.3 is 6.03 Å². The molecule has 2 N–H and O–H groups in total. The van der Waals surface area contributed by atoms with Gasteiger partial charge < -0.3 is 5.32 Å². The topological polar surface area (TPSA) is 98.8 Å². The molecule has 2 aliphatic heterocycles. The molecule has 160 valence electrons. The second kappa shape index (κ2) is 8.49. The Balaban J connectivity index is 1.49. The number of hydrogen-bond donors (Lipinski definition) is 2. The minimum Gasteiger partial charge on any atom is -0.307 e. The second-order valence-electron chi connectivity index (χ2n) is 7.62. The highest BCUT2D eigenvalue weighted by atomic mass is 35.5. The van der Waals surface area contributed by atoms with E-state index in [1.54, 1.807) is 36.4 Å². The van der Waals surface area contributed by atoms with E-state index in [4.69, 9.17) is 11.6 Å². The molecule has 1 saturated heterocycles. The van der Waals surface area contributed by atoms with E-state index in [9.17, 15) is 19.2 Å². The summed E-state index contributed by atoms with van der Waals surface area (Å²) in [6.07, 6.45) is 0.744. The van der Waals surface area contributed by atoms with Crippen LogP contribution in [-0.2, 0) is 22.7 Å². The molecule has 0 aliphatic carbocycles. The monoisotopic (exact) mass is 440 g/mol. The summed E-state index contributed by atoms with van der Waals surface area (Å²) in [5.74, 6) is -1.01. The minimum absolute atomic E-state index is 0.262. The number of anilines is 1. The molecule has 0 aromatic heterocycles. The molecule has 2 aromatic rings. The molecule has 0 radical (unpaired) electrons. The van der Waals surface area contributed by atoms with Crippen LogP contribution < -0.4 is 10.6 Å². The summed E-state index contributed by atoms with van der Waals surface area (Å²) in [6, 6.07) is 11.0. The highest BCUT2D eigenvalue weighted by molar-refractivity contribution is 6.30. The average Bonchev–Trinajstić information content (AvgIpc) is 3.18. The highest BCUT2D eigenvalue weighted by Gasteiger charge is 2.36. The van der Waals surface area contributed by atoms with Gasteiger partial charge in [-0.25, -0.2) is 4.79 Å². The van der Waals surface area contributed by atoms with Crippen molar-refractivity contribution in [1.29, 1.82) is 0 Å². The quantitative estimate of drug-likeness (QED) is 0.715. The Hall–Kier alpha value is -3.23. The number of carbonyl (C=O) groups excluding carboxylic acids is 4. The van der Waals surface area contributed by atoms with E-state index in [2.05, 4.69) is 10.6 Å². The number of halogens is 1. The highest BCUT2D eigenvalue weighted by Crippen LogP contribution is 2.30. The summed E-state index contributed by atoms with van der Waals surface area (Å²) in [5, 5.41) is 5.59. The molecule has 0 spiro atoms. The zero-order valence-electron chi connectivity index (χ0n) is 16.9. The number of hydrogen-bond acceptors (Lipinski definition) is 5. The van der Waals surface area contributed by atoms with E-state index in [0.29, 0.717) is 42.2 Å². The number of piperidine rings is 1. The van der Waals surface area contributed by atoms with Crippen LogP contribution in [0.25, 0.3) is 0 Å². The molecule has 1 atom stereocenters. The maximum absolute atomic E-state index is 13.1. The van der Waals surface area contributed by atoms with E-state index in [-0.39, 0.29) is 11.8 Å². The molecule has 5 amide bonds. The first-order valence-electron chi connectivity index (χ1n) is 9.86. The molecule has 2 heterocycles. The number of imide groups is 2. The van der Waals surface area contributed by atoms with Crippen LogP contribution in [0, 0.1) is 0 Å². The molecular formula is C22H21ClN4O4. The van der Waals surface area contributed by atoms with Crippen molar-refractivity contribution in [2.75, 3.05) is 12.4 Å². The van der Waals surface area contributed by atoms with Gasteiger partial charge in [0.1, 0.15) is 0 Å². The molecule has 2 aliphatic rings. The van der Waals surface area contributed by atoms with Crippen LogP contribution in [0.4, 0.5) is 10.5 Å². The maximum atomic E-state index is 13.1. The van der Waals surface area contributed by atoms with Crippen molar-refractivity contribution in [2.45, 2.75) is 32.0 Å². The van der Waals surface area contributed by atoms with Crippen LogP contribution in [-0.4, -0.2) is 46.6 Å². The van der Waals surface area contributed by atoms with Gasteiger partial charge in [-0.15, -0.1) is 0 Å².